The topological polar surface area (TPSA) is 38.2 Å². The van der Waals surface area contributed by atoms with Crippen LogP contribution in [0, 0.1) is 19.8 Å². The van der Waals surface area contributed by atoms with E-state index in [0.29, 0.717) is 11.1 Å². The molecule has 0 spiro atoms. The lowest BCUT2D eigenvalue weighted by Crippen LogP contribution is -2.36. The van der Waals surface area contributed by atoms with Crippen molar-refractivity contribution in [1.82, 2.24) is 9.97 Å². The van der Waals surface area contributed by atoms with Crippen LogP contribution in [0.2, 0.25) is 5.15 Å². The molecule has 1 aromatic rings. The number of hydrogen-bond donors (Lipinski definition) is 0. The van der Waals surface area contributed by atoms with Crippen molar-refractivity contribution in [3.8, 4) is 0 Å². The van der Waals surface area contributed by atoms with E-state index in [1.165, 1.54) is 0 Å². The molecule has 18 heavy (non-hydrogen) atoms. The van der Waals surface area contributed by atoms with E-state index in [0.717, 1.165) is 49.7 Å². The van der Waals surface area contributed by atoms with Crippen LogP contribution in [0.5, 0.6) is 0 Å². The van der Waals surface area contributed by atoms with Gasteiger partial charge in [0.05, 0.1) is 0 Å². The number of halogens is 1. The quantitative estimate of drug-likeness (QED) is 0.791. The van der Waals surface area contributed by atoms with Crippen molar-refractivity contribution < 1.29 is 4.74 Å². The van der Waals surface area contributed by atoms with Gasteiger partial charge in [-0.3, -0.25) is 0 Å². The van der Waals surface area contributed by atoms with Crippen molar-refractivity contribution in [2.24, 2.45) is 5.92 Å². The Kier molecular flexibility index (Phi) is 4.40. The maximum absolute atomic E-state index is 6.12. The summed E-state index contributed by atoms with van der Waals surface area (Å²) < 4.78 is 5.22. The van der Waals surface area contributed by atoms with E-state index < -0.39 is 0 Å². The van der Waals surface area contributed by atoms with Gasteiger partial charge in [0.1, 0.15) is 16.8 Å². The van der Waals surface area contributed by atoms with Crippen molar-refractivity contribution in [2.75, 3.05) is 31.7 Å². The number of anilines is 1. The highest BCUT2D eigenvalue weighted by atomic mass is 35.5. The highest BCUT2D eigenvalue weighted by Gasteiger charge is 2.22. The van der Waals surface area contributed by atoms with Crippen LogP contribution < -0.4 is 4.90 Å². The standard InChI is InChI=1S/C13H20ClN3O/c1-9-12(14)15-10(2)16-13(9)17-6-4-11(5-7-17)8-18-3/h11H,4-8H2,1-3H3. The summed E-state index contributed by atoms with van der Waals surface area (Å²) in [6, 6.07) is 0. The number of aromatic nitrogens is 2. The number of rotatable bonds is 3. The monoisotopic (exact) mass is 269 g/mol. The van der Waals surface area contributed by atoms with Gasteiger partial charge in [-0.1, -0.05) is 11.6 Å². The van der Waals surface area contributed by atoms with Crippen LogP contribution >= 0.6 is 11.6 Å². The third-order valence-corrected chi connectivity index (χ3v) is 3.86. The molecule has 1 saturated heterocycles. The van der Waals surface area contributed by atoms with Crippen LogP contribution in [0.25, 0.3) is 0 Å². The Labute approximate surface area is 113 Å². The van der Waals surface area contributed by atoms with Gasteiger partial charge in [-0.15, -0.1) is 0 Å². The molecule has 2 rings (SSSR count). The van der Waals surface area contributed by atoms with Crippen molar-refractivity contribution >= 4 is 17.4 Å². The minimum Gasteiger partial charge on any atom is -0.384 e. The molecule has 0 amide bonds. The molecule has 0 saturated carbocycles. The van der Waals surface area contributed by atoms with Crippen LogP contribution in [0.15, 0.2) is 0 Å². The number of nitrogens with zero attached hydrogens (tertiary/aromatic N) is 3. The van der Waals surface area contributed by atoms with E-state index in [1.807, 2.05) is 13.8 Å². The second-order valence-electron chi connectivity index (χ2n) is 4.90. The Bertz CT molecular complexity index is 417. The summed E-state index contributed by atoms with van der Waals surface area (Å²) >= 11 is 6.12. The van der Waals surface area contributed by atoms with Gasteiger partial charge in [-0.2, -0.15) is 0 Å². The molecule has 5 heteroatoms. The molecule has 1 fully saturated rings. The smallest absolute Gasteiger partial charge is 0.137 e. The first-order valence-electron chi connectivity index (χ1n) is 6.36. The molecule has 4 nitrogen and oxygen atoms in total. The van der Waals surface area contributed by atoms with Gasteiger partial charge in [-0.25, -0.2) is 9.97 Å². The van der Waals surface area contributed by atoms with E-state index in [9.17, 15) is 0 Å². The van der Waals surface area contributed by atoms with Crippen molar-refractivity contribution in [1.29, 1.82) is 0 Å². The van der Waals surface area contributed by atoms with E-state index in [2.05, 4.69) is 14.9 Å². The highest BCUT2D eigenvalue weighted by molar-refractivity contribution is 6.30. The van der Waals surface area contributed by atoms with E-state index >= 15 is 0 Å². The molecule has 0 aromatic carbocycles. The molecule has 0 radical (unpaired) electrons. The Morgan fingerprint density at radius 3 is 2.56 bits per heavy atom. The van der Waals surface area contributed by atoms with E-state index in [-0.39, 0.29) is 0 Å². The lowest BCUT2D eigenvalue weighted by atomic mass is 9.97. The summed E-state index contributed by atoms with van der Waals surface area (Å²) in [5.74, 6) is 2.40. The van der Waals surface area contributed by atoms with Crippen LogP contribution in [0.3, 0.4) is 0 Å². The van der Waals surface area contributed by atoms with Crippen LogP contribution in [-0.2, 0) is 4.74 Å². The fraction of sp³-hybridized carbons (Fsp3) is 0.692. The second-order valence-corrected chi connectivity index (χ2v) is 5.25. The summed E-state index contributed by atoms with van der Waals surface area (Å²) in [7, 11) is 1.77. The van der Waals surface area contributed by atoms with Gasteiger partial charge in [-0.05, 0) is 32.6 Å². The fourth-order valence-electron chi connectivity index (χ4n) is 2.44. The molecule has 0 N–H and O–H groups in total. The average molecular weight is 270 g/mol. The summed E-state index contributed by atoms with van der Waals surface area (Å²) in [6.07, 6.45) is 2.29. The predicted octanol–water partition coefficient (Wildman–Crippen LogP) is 2.61. The zero-order valence-electron chi connectivity index (χ0n) is 11.2. The van der Waals surface area contributed by atoms with Crippen LogP contribution in [0.1, 0.15) is 24.2 Å². The molecule has 0 aliphatic carbocycles. The molecule has 0 bridgehead atoms. The Balaban J connectivity index is 2.10. The Hall–Kier alpha value is -0.870. The third-order valence-electron chi connectivity index (χ3n) is 3.49. The summed E-state index contributed by atoms with van der Waals surface area (Å²) in [4.78, 5) is 11.0. The fourth-order valence-corrected chi connectivity index (χ4v) is 2.64. The largest absolute Gasteiger partial charge is 0.384 e. The van der Waals surface area contributed by atoms with Crippen LogP contribution in [-0.4, -0.2) is 36.8 Å². The Morgan fingerprint density at radius 1 is 1.28 bits per heavy atom. The molecule has 1 aliphatic rings. The molecule has 2 heterocycles. The SMILES string of the molecule is COCC1CCN(c2nc(C)nc(Cl)c2C)CC1. The molecule has 100 valence electrons. The average Bonchev–Trinajstić information content (AvgIpc) is 2.35. The predicted molar refractivity (Wildman–Crippen MR) is 73.3 cm³/mol. The van der Waals surface area contributed by atoms with Crippen molar-refractivity contribution in [2.45, 2.75) is 26.7 Å². The second kappa shape index (κ2) is 5.85. The molecule has 1 aliphatic heterocycles. The normalized spacial score (nSPS) is 17.2. The van der Waals surface area contributed by atoms with Gasteiger partial charge >= 0.3 is 0 Å². The molecular weight excluding hydrogens is 250 g/mol. The van der Waals surface area contributed by atoms with Gasteiger partial charge in [0.15, 0.2) is 0 Å². The number of methoxy groups -OCH3 is 1. The zero-order chi connectivity index (χ0) is 13.1. The molecular formula is C13H20ClN3O. The molecule has 0 unspecified atom stereocenters. The summed E-state index contributed by atoms with van der Waals surface area (Å²) in [5.41, 5.74) is 0.979. The summed E-state index contributed by atoms with van der Waals surface area (Å²) in [5, 5.41) is 0.566. The third kappa shape index (κ3) is 2.93. The van der Waals surface area contributed by atoms with Gasteiger partial charge < -0.3 is 9.64 Å². The van der Waals surface area contributed by atoms with Gasteiger partial charge in [0.25, 0.3) is 0 Å². The lowest BCUT2D eigenvalue weighted by Gasteiger charge is -2.33. The van der Waals surface area contributed by atoms with E-state index in [1.54, 1.807) is 7.11 Å². The minimum atomic E-state index is 0.566. The van der Waals surface area contributed by atoms with Crippen LogP contribution in [0.4, 0.5) is 5.82 Å². The Morgan fingerprint density at radius 2 is 1.94 bits per heavy atom. The molecule has 1 aromatic heterocycles. The maximum atomic E-state index is 6.12. The number of hydrogen-bond acceptors (Lipinski definition) is 4. The van der Waals surface area contributed by atoms with Crippen molar-refractivity contribution in [3.05, 3.63) is 16.5 Å². The van der Waals surface area contributed by atoms with Gasteiger partial charge in [0, 0.05) is 32.4 Å². The first kappa shape index (κ1) is 13.6. The van der Waals surface area contributed by atoms with Gasteiger partial charge in [0.2, 0.25) is 0 Å². The first-order chi connectivity index (χ1) is 8.61. The maximum Gasteiger partial charge on any atom is 0.137 e. The minimum absolute atomic E-state index is 0.566. The number of ether oxygens (including phenoxy) is 1. The summed E-state index contributed by atoms with van der Waals surface area (Å²) in [6.45, 7) is 6.75. The number of piperidine rings is 1. The number of aryl methyl sites for hydroxylation is 1. The molecule has 0 atom stereocenters. The first-order valence-corrected chi connectivity index (χ1v) is 6.74. The van der Waals surface area contributed by atoms with Crippen molar-refractivity contribution in [3.63, 3.8) is 0 Å². The van der Waals surface area contributed by atoms with E-state index in [4.69, 9.17) is 16.3 Å². The highest BCUT2D eigenvalue weighted by Crippen LogP contribution is 2.27. The lowest BCUT2D eigenvalue weighted by molar-refractivity contribution is 0.139. The zero-order valence-corrected chi connectivity index (χ0v) is 12.0.